The van der Waals surface area contributed by atoms with E-state index in [2.05, 4.69) is 10.3 Å². The fraction of sp³-hybridized carbons (Fsp3) is 0.250. The average Bonchev–Trinajstić information content (AvgIpc) is 2.74. The summed E-state index contributed by atoms with van der Waals surface area (Å²) < 4.78 is 6.32. The zero-order valence-electron chi connectivity index (χ0n) is 10.5. The van der Waals surface area contributed by atoms with Gasteiger partial charge in [-0.3, -0.25) is 4.52 Å². The molecule has 0 aliphatic rings. The number of hydrogen-bond donors (Lipinski definition) is 1. The van der Waals surface area contributed by atoms with Crippen molar-refractivity contribution in [2.24, 2.45) is 4.99 Å². The summed E-state index contributed by atoms with van der Waals surface area (Å²) in [5, 5.41) is 25.0. The van der Waals surface area contributed by atoms with E-state index < -0.39 is 5.90 Å². The molecule has 0 saturated carbocycles. The van der Waals surface area contributed by atoms with Crippen molar-refractivity contribution in [2.45, 2.75) is 20.1 Å². The minimum Gasteiger partial charge on any atom is -0.862 e. The quantitative estimate of drug-likeness (QED) is 0.522. The topological polar surface area (TPSA) is 85.6 Å². The van der Waals surface area contributed by atoms with Gasteiger partial charge in [0, 0.05) is 10.6 Å². The van der Waals surface area contributed by atoms with Gasteiger partial charge in [-0.2, -0.15) is 0 Å². The van der Waals surface area contributed by atoms with Gasteiger partial charge in [0.05, 0.1) is 5.02 Å². The molecule has 2 rings (SSSR count). The molecule has 1 N–H and O–H groups in total. The Morgan fingerprint density at radius 1 is 1.50 bits per heavy atom. The number of aliphatic hydroxyl groups is 1. The van der Waals surface area contributed by atoms with Gasteiger partial charge >= 0.3 is 11.6 Å². The minimum absolute atomic E-state index is 0.00918. The second-order valence-electron chi connectivity index (χ2n) is 4.01. The van der Waals surface area contributed by atoms with Gasteiger partial charge < -0.3 is 10.2 Å². The number of benzene rings is 1. The minimum atomic E-state index is -0.437. The van der Waals surface area contributed by atoms with Crippen LogP contribution in [0.2, 0.25) is 10.0 Å². The maximum atomic E-state index is 11.0. The van der Waals surface area contributed by atoms with Crippen LogP contribution in [-0.2, 0) is 13.2 Å². The predicted molar refractivity (Wildman–Crippen MR) is 71.0 cm³/mol. The van der Waals surface area contributed by atoms with Crippen molar-refractivity contribution in [2.75, 3.05) is 0 Å². The molecule has 0 atom stereocenters. The van der Waals surface area contributed by atoms with E-state index in [-0.39, 0.29) is 19.0 Å². The maximum Gasteiger partial charge on any atom is 0.326 e. The number of rotatable bonds is 4. The zero-order chi connectivity index (χ0) is 14.7. The molecule has 0 saturated heterocycles. The molecule has 20 heavy (non-hydrogen) atoms. The maximum absolute atomic E-state index is 11.0. The van der Waals surface area contributed by atoms with Crippen LogP contribution in [0.4, 0.5) is 5.88 Å². The first-order chi connectivity index (χ1) is 9.51. The predicted octanol–water partition coefficient (Wildman–Crippen LogP) is 1.22. The SMILES string of the molecule is C/C([O-])=N\c1on[n+](Cc2ccc(Cl)cc2Cl)c1CO. The lowest BCUT2D eigenvalue weighted by Gasteiger charge is -2.00. The van der Waals surface area contributed by atoms with Crippen molar-refractivity contribution >= 4 is 35.0 Å². The van der Waals surface area contributed by atoms with Crippen molar-refractivity contribution in [1.29, 1.82) is 0 Å². The van der Waals surface area contributed by atoms with Gasteiger partial charge in [0.15, 0.2) is 0 Å². The molecule has 0 aliphatic carbocycles. The zero-order valence-corrected chi connectivity index (χ0v) is 12.0. The monoisotopic (exact) mass is 315 g/mol. The van der Waals surface area contributed by atoms with Gasteiger partial charge in [-0.25, -0.2) is 4.99 Å². The van der Waals surface area contributed by atoms with Crippen molar-refractivity contribution in [1.82, 2.24) is 5.27 Å². The van der Waals surface area contributed by atoms with Crippen LogP contribution in [-0.4, -0.2) is 16.3 Å². The highest BCUT2D eigenvalue weighted by molar-refractivity contribution is 6.35. The Hall–Kier alpha value is -1.63. The lowest BCUT2D eigenvalue weighted by Crippen LogP contribution is -2.40. The van der Waals surface area contributed by atoms with E-state index >= 15 is 0 Å². The van der Waals surface area contributed by atoms with Crippen LogP contribution in [0.15, 0.2) is 27.7 Å². The molecular weight excluding hydrogens is 305 g/mol. The van der Waals surface area contributed by atoms with Gasteiger partial charge in [0.1, 0.15) is 6.61 Å². The van der Waals surface area contributed by atoms with Crippen molar-refractivity contribution in [3.63, 3.8) is 0 Å². The van der Waals surface area contributed by atoms with E-state index in [4.69, 9.17) is 27.7 Å². The van der Waals surface area contributed by atoms with Crippen LogP contribution < -0.4 is 9.79 Å². The largest absolute Gasteiger partial charge is 0.862 e. The molecule has 1 aromatic carbocycles. The summed E-state index contributed by atoms with van der Waals surface area (Å²) in [7, 11) is 0. The van der Waals surface area contributed by atoms with Gasteiger partial charge in [0.2, 0.25) is 11.8 Å². The summed E-state index contributed by atoms with van der Waals surface area (Å²) in [5.74, 6) is -0.447. The van der Waals surface area contributed by atoms with E-state index in [0.29, 0.717) is 15.7 Å². The third-order valence-electron chi connectivity index (χ3n) is 2.53. The fourth-order valence-corrected chi connectivity index (χ4v) is 2.08. The molecule has 8 heteroatoms. The fourth-order valence-electron chi connectivity index (χ4n) is 1.61. The highest BCUT2D eigenvalue weighted by Crippen LogP contribution is 2.21. The molecule has 0 fully saturated rings. The van der Waals surface area contributed by atoms with Gasteiger partial charge in [0.25, 0.3) is 0 Å². The molecule has 0 radical (unpaired) electrons. The van der Waals surface area contributed by atoms with Crippen LogP contribution in [0.1, 0.15) is 18.2 Å². The number of aromatic nitrogens is 2. The normalized spacial score (nSPS) is 11.9. The summed E-state index contributed by atoms with van der Waals surface area (Å²) in [6.07, 6.45) is 0. The van der Waals surface area contributed by atoms with E-state index in [0.717, 1.165) is 5.56 Å². The van der Waals surface area contributed by atoms with Crippen LogP contribution in [0.25, 0.3) is 0 Å². The smallest absolute Gasteiger partial charge is 0.326 e. The molecule has 2 aromatic rings. The molecule has 0 spiro atoms. The number of nitrogens with zero attached hydrogens (tertiary/aromatic N) is 3. The summed E-state index contributed by atoms with van der Waals surface area (Å²) in [6, 6.07) is 5.05. The van der Waals surface area contributed by atoms with Crippen molar-refractivity contribution in [3.05, 3.63) is 39.5 Å². The molecular formula is C12H11Cl2N3O3. The van der Waals surface area contributed by atoms with E-state index in [1.807, 2.05) is 0 Å². The van der Waals surface area contributed by atoms with Gasteiger partial charge in [-0.1, -0.05) is 23.2 Å². The number of aliphatic imine (C=N–C) groups is 1. The first-order valence-corrected chi connectivity index (χ1v) is 6.42. The summed E-state index contributed by atoms with van der Waals surface area (Å²) in [6.45, 7) is 1.19. The van der Waals surface area contributed by atoms with E-state index in [1.165, 1.54) is 11.6 Å². The van der Waals surface area contributed by atoms with Crippen molar-refractivity contribution < 1.29 is 19.4 Å². The Labute approximate surface area is 124 Å². The molecule has 6 nitrogen and oxygen atoms in total. The average molecular weight is 316 g/mol. The van der Waals surface area contributed by atoms with Crippen LogP contribution in [0.5, 0.6) is 0 Å². The van der Waals surface area contributed by atoms with E-state index in [1.54, 1.807) is 18.2 Å². The van der Waals surface area contributed by atoms with Crippen LogP contribution in [0, 0.1) is 0 Å². The molecule has 1 aromatic heterocycles. The lowest BCUT2D eigenvalue weighted by atomic mass is 10.2. The second-order valence-corrected chi connectivity index (χ2v) is 4.85. The summed E-state index contributed by atoms with van der Waals surface area (Å²) in [4.78, 5) is 3.63. The summed E-state index contributed by atoms with van der Waals surface area (Å²) in [5.41, 5.74) is 1.05. The second kappa shape index (κ2) is 6.21. The molecule has 0 bridgehead atoms. The number of halogens is 2. The van der Waals surface area contributed by atoms with Gasteiger partial charge in [-0.15, -0.1) is 0 Å². The first kappa shape index (κ1) is 14.8. The molecule has 106 valence electrons. The third kappa shape index (κ3) is 3.27. The Morgan fingerprint density at radius 2 is 2.25 bits per heavy atom. The molecule has 0 amide bonds. The molecule has 1 heterocycles. The molecule has 0 unspecified atom stereocenters. The lowest BCUT2D eigenvalue weighted by molar-refractivity contribution is -0.762. The number of hydrogen-bond acceptors (Lipinski definition) is 5. The Bertz CT molecular complexity index is 651. The van der Waals surface area contributed by atoms with Crippen LogP contribution >= 0.6 is 23.2 Å². The summed E-state index contributed by atoms with van der Waals surface area (Å²) >= 11 is 11.9. The van der Waals surface area contributed by atoms with Gasteiger partial charge in [-0.05, 0) is 35.7 Å². The standard InChI is InChI=1S/C12H11Cl2N3O3/c1-7(19)15-12-11(6-18)17(16-20-12)5-8-2-3-9(13)4-10(8)14/h2-4,18H,5-6H2,1H3. The highest BCUT2D eigenvalue weighted by Gasteiger charge is 2.24. The Morgan fingerprint density at radius 3 is 2.85 bits per heavy atom. The third-order valence-corrected chi connectivity index (χ3v) is 3.12. The highest BCUT2D eigenvalue weighted by atomic mass is 35.5. The Balaban J connectivity index is 2.34. The first-order valence-electron chi connectivity index (χ1n) is 5.67. The van der Waals surface area contributed by atoms with Crippen LogP contribution in [0.3, 0.4) is 0 Å². The Kier molecular flexibility index (Phi) is 4.59. The van der Waals surface area contributed by atoms with Crippen molar-refractivity contribution in [3.8, 4) is 0 Å². The van der Waals surface area contributed by atoms with E-state index in [9.17, 15) is 10.2 Å². The molecule has 0 aliphatic heterocycles. The number of aliphatic hydroxyl groups excluding tert-OH is 1.